The molecule has 0 radical (unpaired) electrons. The summed E-state index contributed by atoms with van der Waals surface area (Å²) < 4.78 is 4.77. The van der Waals surface area contributed by atoms with Crippen LogP contribution in [0, 0.1) is 0 Å². The molecule has 0 saturated carbocycles. The zero-order valence-electron chi connectivity index (χ0n) is 13.1. The molecule has 1 amide bonds. The summed E-state index contributed by atoms with van der Waals surface area (Å²) in [7, 11) is 0. The molecule has 0 rings (SSSR count). The number of hydrogen-bond acceptors (Lipinski definition) is 3. The second-order valence-electron chi connectivity index (χ2n) is 4.66. The molecule has 0 heterocycles. The van der Waals surface area contributed by atoms with Gasteiger partial charge in [-0.3, -0.25) is 4.79 Å². The van der Waals surface area contributed by atoms with Crippen LogP contribution in [0.3, 0.4) is 0 Å². The van der Waals surface area contributed by atoms with Crippen molar-refractivity contribution in [3.63, 3.8) is 0 Å². The number of rotatable bonds is 3. The third kappa shape index (κ3) is 38.4. The number of carbonyl (C=O) groups is 2. The van der Waals surface area contributed by atoms with E-state index >= 15 is 0 Å². The first kappa shape index (κ1) is 22.6. The van der Waals surface area contributed by atoms with Crippen molar-refractivity contribution < 1.29 is 19.4 Å². The highest BCUT2D eigenvalue weighted by Gasteiger charge is 2.15. The van der Waals surface area contributed by atoms with Gasteiger partial charge in [0, 0.05) is 0 Å². The molecule has 2 N–H and O–H groups in total. The number of nitrogens with one attached hydrogen (secondary N) is 1. The summed E-state index contributed by atoms with van der Waals surface area (Å²) in [5.41, 5.74) is -0.595. The van der Waals surface area contributed by atoms with E-state index in [-0.39, 0.29) is 0 Å². The molecular formula is C14H29NO4. The van der Waals surface area contributed by atoms with Crippen molar-refractivity contribution in [1.29, 1.82) is 0 Å². The summed E-state index contributed by atoms with van der Waals surface area (Å²) in [4.78, 5) is 20.8. The van der Waals surface area contributed by atoms with E-state index in [9.17, 15) is 9.59 Å². The second kappa shape index (κ2) is 14.5. The minimum atomic E-state index is -1.10. The quantitative estimate of drug-likeness (QED) is 0.772. The van der Waals surface area contributed by atoms with E-state index in [4.69, 9.17) is 9.84 Å². The molecule has 0 fully saturated rings. The van der Waals surface area contributed by atoms with Crippen LogP contribution in [0.15, 0.2) is 12.7 Å². The van der Waals surface area contributed by atoms with E-state index in [1.807, 2.05) is 6.92 Å². The largest absolute Gasteiger partial charge is 0.480 e. The highest BCUT2D eigenvalue weighted by Crippen LogP contribution is 2.05. The fourth-order valence-corrected chi connectivity index (χ4v) is 0.462. The van der Waals surface area contributed by atoms with Crippen LogP contribution in [0.1, 0.15) is 54.4 Å². The third-order valence-electron chi connectivity index (χ3n) is 1.28. The van der Waals surface area contributed by atoms with Crippen molar-refractivity contribution in [2.24, 2.45) is 0 Å². The lowest BCUT2D eigenvalue weighted by Crippen LogP contribution is -2.35. The number of amides is 1. The minimum absolute atomic E-state index is 0.422. The maximum Gasteiger partial charge on any atom is 0.408 e. The summed E-state index contributed by atoms with van der Waals surface area (Å²) >= 11 is 0. The molecule has 114 valence electrons. The SMILES string of the molecule is C=CC.CC(C)(C)OC(=O)NCC(=O)O.CCCC. The molecule has 19 heavy (non-hydrogen) atoms. The number of hydrogen-bond donors (Lipinski definition) is 2. The minimum Gasteiger partial charge on any atom is -0.480 e. The van der Waals surface area contributed by atoms with Crippen LogP contribution in [0.2, 0.25) is 0 Å². The van der Waals surface area contributed by atoms with E-state index in [1.54, 1.807) is 26.8 Å². The van der Waals surface area contributed by atoms with Gasteiger partial charge in [0.25, 0.3) is 0 Å². The fourth-order valence-electron chi connectivity index (χ4n) is 0.462. The molecule has 0 aromatic rings. The van der Waals surface area contributed by atoms with E-state index < -0.39 is 24.2 Å². The Labute approximate surface area is 117 Å². The Balaban J connectivity index is -0.000000303. The maximum atomic E-state index is 10.8. The van der Waals surface area contributed by atoms with Crippen LogP contribution in [0.25, 0.3) is 0 Å². The van der Waals surface area contributed by atoms with Crippen molar-refractivity contribution >= 4 is 12.1 Å². The lowest BCUT2D eigenvalue weighted by Gasteiger charge is -2.19. The standard InChI is InChI=1S/C7H13NO4.C4H10.C3H6/c1-7(2,3)12-6(11)8-4-5(9)10;1-3-4-2;1-3-2/h4H2,1-3H3,(H,8,11)(H,9,10);3-4H2,1-2H3;3H,1H2,2H3. The first-order chi connectivity index (χ1) is 8.64. The smallest absolute Gasteiger partial charge is 0.408 e. The van der Waals surface area contributed by atoms with Crippen LogP contribution >= 0.6 is 0 Å². The molecule has 5 nitrogen and oxygen atoms in total. The third-order valence-corrected chi connectivity index (χ3v) is 1.28. The van der Waals surface area contributed by atoms with Crippen LogP contribution in [-0.2, 0) is 9.53 Å². The molecule has 0 aliphatic carbocycles. The Hall–Kier alpha value is -1.52. The van der Waals surface area contributed by atoms with Gasteiger partial charge in [0.2, 0.25) is 0 Å². The van der Waals surface area contributed by atoms with Gasteiger partial charge in [-0.15, -0.1) is 6.58 Å². The number of aliphatic carboxylic acids is 1. The number of allylic oxidation sites excluding steroid dienone is 1. The topological polar surface area (TPSA) is 75.6 Å². The van der Waals surface area contributed by atoms with Crippen LogP contribution in [0.5, 0.6) is 0 Å². The molecule has 0 spiro atoms. The Bertz CT molecular complexity index is 242. The number of carbonyl (C=O) groups excluding carboxylic acids is 1. The highest BCUT2D eigenvalue weighted by atomic mass is 16.6. The van der Waals surface area contributed by atoms with Crippen LogP contribution in [0.4, 0.5) is 4.79 Å². The predicted molar refractivity (Wildman–Crippen MR) is 78.3 cm³/mol. The zero-order valence-corrected chi connectivity index (χ0v) is 13.1. The summed E-state index contributed by atoms with van der Waals surface area (Å²) in [5, 5.41) is 10.3. The van der Waals surface area contributed by atoms with Crippen molar-refractivity contribution in [3.8, 4) is 0 Å². The van der Waals surface area contributed by atoms with Gasteiger partial charge in [-0.25, -0.2) is 4.79 Å². The van der Waals surface area contributed by atoms with Crippen molar-refractivity contribution in [1.82, 2.24) is 5.32 Å². The number of carboxylic acid groups (broad SMARTS) is 1. The van der Waals surface area contributed by atoms with Gasteiger partial charge in [0.05, 0.1) is 0 Å². The molecule has 0 saturated heterocycles. The lowest BCUT2D eigenvalue weighted by molar-refractivity contribution is -0.136. The number of carboxylic acids is 1. The van der Waals surface area contributed by atoms with E-state index in [2.05, 4.69) is 25.7 Å². The van der Waals surface area contributed by atoms with Gasteiger partial charge in [0.1, 0.15) is 12.1 Å². The van der Waals surface area contributed by atoms with Crippen molar-refractivity contribution in [3.05, 3.63) is 12.7 Å². The van der Waals surface area contributed by atoms with Crippen molar-refractivity contribution in [2.45, 2.75) is 60.0 Å². The van der Waals surface area contributed by atoms with Gasteiger partial charge >= 0.3 is 12.1 Å². The van der Waals surface area contributed by atoms with E-state index in [0.29, 0.717) is 0 Å². The van der Waals surface area contributed by atoms with Gasteiger partial charge in [-0.1, -0.05) is 32.8 Å². The average molecular weight is 275 g/mol. The Kier molecular flexibility index (Phi) is 17.3. The first-order valence-corrected chi connectivity index (χ1v) is 6.40. The summed E-state index contributed by atoms with van der Waals surface area (Å²) in [6.07, 6.45) is 3.67. The van der Waals surface area contributed by atoms with Gasteiger partial charge in [-0.05, 0) is 27.7 Å². The Morgan fingerprint density at radius 3 is 1.84 bits per heavy atom. The molecule has 0 aromatic heterocycles. The normalized spacial score (nSPS) is 8.95. The molecule has 5 heteroatoms. The van der Waals surface area contributed by atoms with Gasteiger partial charge < -0.3 is 15.2 Å². The highest BCUT2D eigenvalue weighted by molar-refractivity contribution is 5.76. The summed E-state index contributed by atoms with van der Waals surface area (Å²) in [6.45, 7) is 14.3. The lowest BCUT2D eigenvalue weighted by atomic mass is 10.2. The van der Waals surface area contributed by atoms with Gasteiger partial charge in [0.15, 0.2) is 0 Å². The summed E-state index contributed by atoms with van der Waals surface area (Å²) in [5.74, 6) is -1.10. The number of unbranched alkanes of at least 4 members (excludes halogenated alkanes) is 1. The van der Waals surface area contributed by atoms with Crippen LogP contribution < -0.4 is 5.32 Å². The second-order valence-corrected chi connectivity index (χ2v) is 4.66. The average Bonchev–Trinajstić information content (AvgIpc) is 2.25. The molecular weight excluding hydrogens is 246 g/mol. The molecule has 0 aliphatic rings. The Morgan fingerprint density at radius 2 is 1.63 bits per heavy atom. The molecule has 0 unspecified atom stereocenters. The van der Waals surface area contributed by atoms with Crippen LogP contribution in [-0.4, -0.2) is 29.3 Å². The molecule has 0 bridgehead atoms. The Morgan fingerprint density at radius 1 is 1.26 bits per heavy atom. The zero-order chi connectivity index (χ0) is 15.9. The summed E-state index contributed by atoms with van der Waals surface area (Å²) in [6, 6.07) is 0. The molecule has 0 aromatic carbocycles. The van der Waals surface area contributed by atoms with E-state index in [1.165, 1.54) is 12.8 Å². The van der Waals surface area contributed by atoms with E-state index in [0.717, 1.165) is 0 Å². The monoisotopic (exact) mass is 275 g/mol. The van der Waals surface area contributed by atoms with Gasteiger partial charge in [-0.2, -0.15) is 0 Å². The number of ether oxygens (including phenoxy) is 1. The molecule has 0 aliphatic heterocycles. The number of alkyl carbamates (subject to hydrolysis) is 1. The first-order valence-electron chi connectivity index (χ1n) is 6.40. The van der Waals surface area contributed by atoms with Crippen molar-refractivity contribution in [2.75, 3.05) is 6.54 Å². The maximum absolute atomic E-state index is 10.8. The molecule has 0 atom stereocenters. The predicted octanol–water partition coefficient (Wildman–Crippen LogP) is 3.59. The fraction of sp³-hybridized carbons (Fsp3) is 0.714.